The van der Waals surface area contributed by atoms with Crippen LogP contribution in [0.2, 0.25) is 0 Å². The smallest absolute Gasteiger partial charge is 0.0778 e. The molecule has 2 heteroatoms. The number of rotatable bonds is 0. The standard InChI is InChI=1S/C4H3IN/c5-4-2-1-3-6-4/h2-3,6H. The molecule has 0 atom stereocenters. The topological polar surface area (TPSA) is 15.8 Å². The Morgan fingerprint density at radius 2 is 2.67 bits per heavy atom. The second-order valence-corrected chi connectivity index (χ2v) is 2.11. The Morgan fingerprint density at radius 3 is 2.83 bits per heavy atom. The molecule has 0 aliphatic rings. The number of aromatic amines is 1. The molecule has 0 fully saturated rings. The summed E-state index contributed by atoms with van der Waals surface area (Å²) in [6.07, 6.45) is 1.78. The highest BCUT2D eigenvalue weighted by Gasteiger charge is 1.75. The summed E-state index contributed by atoms with van der Waals surface area (Å²) >= 11 is 2.19. The van der Waals surface area contributed by atoms with Crippen molar-refractivity contribution in [2.45, 2.75) is 0 Å². The summed E-state index contributed by atoms with van der Waals surface area (Å²) in [6.45, 7) is 0. The number of aromatic nitrogens is 1. The van der Waals surface area contributed by atoms with Gasteiger partial charge < -0.3 is 4.98 Å². The first-order valence-electron chi connectivity index (χ1n) is 1.59. The summed E-state index contributed by atoms with van der Waals surface area (Å²) in [4.78, 5) is 2.93. The van der Waals surface area contributed by atoms with Gasteiger partial charge in [0.05, 0.1) is 3.70 Å². The van der Waals surface area contributed by atoms with E-state index in [1.165, 1.54) is 0 Å². The van der Waals surface area contributed by atoms with Crippen molar-refractivity contribution in [2.24, 2.45) is 0 Å². The second kappa shape index (κ2) is 1.64. The van der Waals surface area contributed by atoms with Crippen molar-refractivity contribution in [1.29, 1.82) is 0 Å². The molecular weight excluding hydrogens is 189 g/mol. The van der Waals surface area contributed by atoms with Crippen LogP contribution in [0.3, 0.4) is 0 Å². The molecule has 0 spiro atoms. The molecule has 1 radical (unpaired) electrons. The van der Waals surface area contributed by atoms with Crippen molar-refractivity contribution < 1.29 is 0 Å². The van der Waals surface area contributed by atoms with Gasteiger partial charge in [-0.2, -0.15) is 0 Å². The fourth-order valence-corrected chi connectivity index (χ4v) is 0.603. The largest absolute Gasteiger partial charge is 0.356 e. The van der Waals surface area contributed by atoms with Crippen LogP contribution in [0.5, 0.6) is 0 Å². The molecule has 1 aromatic heterocycles. The molecule has 0 bridgehead atoms. The molecule has 0 saturated heterocycles. The van der Waals surface area contributed by atoms with E-state index in [1.54, 1.807) is 6.20 Å². The van der Waals surface area contributed by atoms with Crippen LogP contribution in [0.1, 0.15) is 0 Å². The maximum atomic E-state index is 2.93. The van der Waals surface area contributed by atoms with Gasteiger partial charge in [-0.25, -0.2) is 0 Å². The normalized spacial score (nSPS) is 8.83. The predicted octanol–water partition coefficient (Wildman–Crippen LogP) is 1.42. The van der Waals surface area contributed by atoms with Crippen molar-refractivity contribution in [2.75, 3.05) is 0 Å². The first kappa shape index (κ1) is 4.18. The van der Waals surface area contributed by atoms with Gasteiger partial charge in [0.2, 0.25) is 0 Å². The van der Waals surface area contributed by atoms with E-state index in [2.05, 4.69) is 33.6 Å². The first-order chi connectivity index (χ1) is 2.89. The lowest BCUT2D eigenvalue weighted by atomic mass is 10.7. The van der Waals surface area contributed by atoms with Crippen LogP contribution < -0.4 is 0 Å². The van der Waals surface area contributed by atoms with Gasteiger partial charge in [0.25, 0.3) is 0 Å². The van der Waals surface area contributed by atoms with Crippen molar-refractivity contribution in [1.82, 2.24) is 4.98 Å². The van der Waals surface area contributed by atoms with Gasteiger partial charge in [-0.1, -0.05) is 0 Å². The number of H-pyrrole nitrogens is 1. The molecule has 1 N–H and O–H groups in total. The second-order valence-electron chi connectivity index (χ2n) is 0.948. The summed E-state index contributed by atoms with van der Waals surface area (Å²) in [5.41, 5.74) is 0. The van der Waals surface area contributed by atoms with Crippen molar-refractivity contribution >= 4 is 22.6 Å². The van der Waals surface area contributed by atoms with Crippen molar-refractivity contribution in [3.8, 4) is 0 Å². The Balaban J connectivity index is 3.05. The van der Waals surface area contributed by atoms with Crippen molar-refractivity contribution in [3.63, 3.8) is 0 Å². The lowest BCUT2D eigenvalue weighted by molar-refractivity contribution is 1.35. The molecule has 1 rings (SSSR count). The first-order valence-corrected chi connectivity index (χ1v) is 2.67. The van der Waals surface area contributed by atoms with E-state index >= 15 is 0 Å². The Morgan fingerprint density at radius 1 is 1.83 bits per heavy atom. The van der Waals surface area contributed by atoms with Gasteiger partial charge >= 0.3 is 0 Å². The summed E-state index contributed by atoms with van der Waals surface area (Å²) in [5, 5.41) is 0. The van der Waals surface area contributed by atoms with E-state index in [0.717, 1.165) is 3.70 Å². The molecule has 0 aromatic carbocycles. The molecule has 0 unspecified atom stereocenters. The van der Waals surface area contributed by atoms with E-state index in [9.17, 15) is 0 Å². The maximum Gasteiger partial charge on any atom is 0.0778 e. The maximum absolute atomic E-state index is 2.93. The molecule has 6 heavy (non-hydrogen) atoms. The lowest BCUT2D eigenvalue weighted by Gasteiger charge is -1.67. The fourth-order valence-electron chi connectivity index (χ4n) is 0.267. The third-order valence-corrected chi connectivity index (χ3v) is 1.13. The average molecular weight is 192 g/mol. The van der Waals surface area contributed by atoms with Crippen LogP contribution in [-0.4, -0.2) is 4.98 Å². The van der Waals surface area contributed by atoms with Gasteiger partial charge in [0.15, 0.2) is 0 Å². The number of hydrogen-bond acceptors (Lipinski definition) is 0. The van der Waals surface area contributed by atoms with Crippen LogP contribution in [0, 0.1) is 9.77 Å². The molecule has 31 valence electrons. The summed E-state index contributed by atoms with van der Waals surface area (Å²) in [6, 6.07) is 4.76. The Hall–Kier alpha value is 0.01000. The number of nitrogens with one attached hydrogen (secondary N) is 1. The van der Waals surface area contributed by atoms with Gasteiger partial charge in [0.1, 0.15) is 0 Å². The molecule has 1 nitrogen and oxygen atoms in total. The van der Waals surface area contributed by atoms with E-state index < -0.39 is 0 Å². The molecule has 1 aromatic rings. The number of hydrogen-bond donors (Lipinski definition) is 1. The molecule has 1 heterocycles. The van der Waals surface area contributed by atoms with Crippen LogP contribution in [0.15, 0.2) is 12.3 Å². The van der Waals surface area contributed by atoms with E-state index in [0.29, 0.717) is 0 Å². The Labute approximate surface area is 49.9 Å². The Kier molecular flexibility index (Phi) is 1.14. The fraction of sp³-hybridized carbons (Fsp3) is 0. The zero-order valence-corrected chi connectivity index (χ0v) is 5.19. The molecule has 0 saturated carbocycles. The molecular formula is C4H3IN. The molecule has 0 aliphatic heterocycles. The van der Waals surface area contributed by atoms with Crippen LogP contribution in [-0.2, 0) is 0 Å². The van der Waals surface area contributed by atoms with Crippen LogP contribution in [0.4, 0.5) is 0 Å². The summed E-state index contributed by atoms with van der Waals surface area (Å²) in [5.74, 6) is 0. The highest BCUT2D eigenvalue weighted by atomic mass is 127. The van der Waals surface area contributed by atoms with Gasteiger partial charge in [-0.3, -0.25) is 0 Å². The third-order valence-electron chi connectivity index (χ3n) is 0.503. The molecule has 0 amide bonds. The minimum atomic E-state index is 1.13. The van der Waals surface area contributed by atoms with E-state index in [-0.39, 0.29) is 0 Å². The SMILES string of the molecule is Ic1c[c]c[nH]1. The average Bonchev–Trinajstić information content (AvgIpc) is 1.86. The van der Waals surface area contributed by atoms with E-state index in [1.807, 2.05) is 6.07 Å². The minimum Gasteiger partial charge on any atom is -0.356 e. The van der Waals surface area contributed by atoms with Crippen LogP contribution >= 0.6 is 22.6 Å². The zero-order valence-electron chi connectivity index (χ0n) is 3.03. The zero-order chi connectivity index (χ0) is 4.41. The predicted molar refractivity (Wildman–Crippen MR) is 32.3 cm³/mol. The van der Waals surface area contributed by atoms with E-state index in [4.69, 9.17) is 0 Å². The third kappa shape index (κ3) is 0.739. The monoisotopic (exact) mass is 192 g/mol. The highest BCUT2D eigenvalue weighted by molar-refractivity contribution is 14.1. The summed E-state index contributed by atoms with van der Waals surface area (Å²) < 4.78 is 1.13. The van der Waals surface area contributed by atoms with Crippen LogP contribution in [0.25, 0.3) is 0 Å². The quantitative estimate of drug-likeness (QED) is 0.598. The van der Waals surface area contributed by atoms with Gasteiger partial charge in [-0.15, -0.1) is 0 Å². The minimum absolute atomic E-state index is 1.13. The Bertz CT molecular complexity index is 111. The molecule has 0 aliphatic carbocycles. The lowest BCUT2D eigenvalue weighted by Crippen LogP contribution is -1.57. The highest BCUT2D eigenvalue weighted by Crippen LogP contribution is 1.95. The van der Waals surface area contributed by atoms with Gasteiger partial charge in [0, 0.05) is 12.3 Å². The summed E-state index contributed by atoms with van der Waals surface area (Å²) in [7, 11) is 0. The number of halogens is 1. The van der Waals surface area contributed by atoms with Crippen molar-refractivity contribution in [3.05, 3.63) is 22.0 Å². The van der Waals surface area contributed by atoms with Gasteiger partial charge in [-0.05, 0) is 28.7 Å².